The quantitative estimate of drug-likeness (QED) is 0.652. The number of piperidine rings is 1. The lowest BCUT2D eigenvalue weighted by atomic mass is 9.82. The first-order valence-electron chi connectivity index (χ1n) is 11.2. The van der Waals surface area contributed by atoms with Gasteiger partial charge in [-0.15, -0.1) is 0 Å². The number of ether oxygens (including phenoxy) is 4. The van der Waals surface area contributed by atoms with Crippen LogP contribution in [0.3, 0.4) is 0 Å². The molecule has 1 aliphatic carbocycles. The number of halogens is 2. The van der Waals surface area contributed by atoms with Crippen molar-refractivity contribution in [1.82, 2.24) is 4.90 Å². The summed E-state index contributed by atoms with van der Waals surface area (Å²) in [7, 11) is 1.52. The van der Waals surface area contributed by atoms with Gasteiger partial charge in [-0.1, -0.05) is 12.1 Å². The van der Waals surface area contributed by atoms with Crippen molar-refractivity contribution in [2.45, 2.75) is 37.1 Å². The lowest BCUT2D eigenvalue weighted by Crippen LogP contribution is -2.53. The van der Waals surface area contributed by atoms with Crippen LogP contribution >= 0.6 is 0 Å². The zero-order valence-electron chi connectivity index (χ0n) is 18.5. The van der Waals surface area contributed by atoms with Crippen molar-refractivity contribution in [2.75, 3.05) is 33.6 Å². The maximum absolute atomic E-state index is 13.8. The van der Waals surface area contributed by atoms with Crippen molar-refractivity contribution in [3.05, 3.63) is 59.4 Å². The highest BCUT2D eigenvalue weighted by atomic mass is 19.1. The second-order valence-corrected chi connectivity index (χ2v) is 8.93. The molecule has 0 unspecified atom stereocenters. The summed E-state index contributed by atoms with van der Waals surface area (Å²) in [6.07, 6.45) is 0.445. The molecule has 0 N–H and O–H groups in total. The van der Waals surface area contributed by atoms with Crippen LogP contribution in [0.1, 0.15) is 35.2 Å². The van der Waals surface area contributed by atoms with Gasteiger partial charge in [0.15, 0.2) is 11.5 Å². The van der Waals surface area contributed by atoms with Crippen molar-refractivity contribution in [2.24, 2.45) is 5.92 Å². The van der Waals surface area contributed by atoms with E-state index in [0.717, 1.165) is 5.56 Å². The molecular weight excluding hydrogens is 432 g/mol. The summed E-state index contributed by atoms with van der Waals surface area (Å²) in [6.45, 7) is 1.31. The zero-order chi connectivity index (χ0) is 23.0. The Morgan fingerprint density at radius 3 is 2.82 bits per heavy atom. The molecule has 3 aliphatic rings. The van der Waals surface area contributed by atoms with Crippen LogP contribution in [0.15, 0.2) is 42.5 Å². The highest BCUT2D eigenvalue weighted by Crippen LogP contribution is 2.43. The molecule has 0 bridgehead atoms. The molecule has 1 amide bonds. The molecule has 1 saturated carbocycles. The lowest BCUT2D eigenvalue weighted by molar-refractivity contribution is -0.0441. The molecule has 8 heteroatoms. The van der Waals surface area contributed by atoms with Crippen molar-refractivity contribution in [3.63, 3.8) is 0 Å². The van der Waals surface area contributed by atoms with Crippen molar-refractivity contribution < 1.29 is 32.5 Å². The first kappa shape index (κ1) is 22.1. The largest absolute Gasteiger partial charge is 0.493 e. The molecule has 2 saturated heterocycles. The van der Waals surface area contributed by atoms with Gasteiger partial charge in [-0.05, 0) is 54.7 Å². The third-order valence-electron chi connectivity index (χ3n) is 6.91. The van der Waals surface area contributed by atoms with Crippen LogP contribution in [0, 0.1) is 11.7 Å². The monoisotopic (exact) mass is 459 g/mol. The van der Waals surface area contributed by atoms with Gasteiger partial charge in [-0.2, -0.15) is 0 Å². The standard InChI is InChI=1S/C25H27F2NO5/c1-30-22-11-17(5-6-21(22)31-14-16-9-20(27)10-16)24(29)28-8-7-25(23(13-28)32-15-33-25)18-3-2-4-19(26)12-18/h2-6,11-12,16,20,23H,7-10,13-15H2,1H3/t16?,20?,23-,25-/m1/s1. The van der Waals surface area contributed by atoms with E-state index in [1.165, 1.54) is 19.2 Å². The van der Waals surface area contributed by atoms with E-state index < -0.39 is 11.8 Å². The smallest absolute Gasteiger partial charge is 0.254 e. The van der Waals surface area contributed by atoms with Gasteiger partial charge in [0.05, 0.1) is 20.3 Å². The Morgan fingerprint density at radius 2 is 2.06 bits per heavy atom. The van der Waals surface area contributed by atoms with Crippen molar-refractivity contribution in [3.8, 4) is 11.5 Å². The van der Waals surface area contributed by atoms with E-state index in [-0.39, 0.29) is 30.5 Å². The van der Waals surface area contributed by atoms with Crippen LogP contribution in [0.5, 0.6) is 11.5 Å². The Balaban J connectivity index is 1.28. The highest BCUT2D eigenvalue weighted by molar-refractivity contribution is 5.95. The Bertz CT molecular complexity index is 1030. The van der Waals surface area contributed by atoms with E-state index in [9.17, 15) is 13.6 Å². The number of carbonyl (C=O) groups is 1. The molecule has 0 radical (unpaired) electrons. The number of methoxy groups -OCH3 is 1. The Morgan fingerprint density at radius 1 is 1.21 bits per heavy atom. The summed E-state index contributed by atoms with van der Waals surface area (Å²) < 4.78 is 49.9. The fourth-order valence-corrected chi connectivity index (χ4v) is 4.92. The normalized spacial score (nSPS) is 28.7. The molecule has 5 rings (SSSR count). The summed E-state index contributed by atoms with van der Waals surface area (Å²) in [4.78, 5) is 15.0. The Hall–Kier alpha value is -2.71. The molecule has 33 heavy (non-hydrogen) atoms. The average molecular weight is 459 g/mol. The van der Waals surface area contributed by atoms with E-state index in [1.807, 2.05) is 6.07 Å². The van der Waals surface area contributed by atoms with Crippen LogP contribution in [-0.2, 0) is 15.1 Å². The topological polar surface area (TPSA) is 57.2 Å². The van der Waals surface area contributed by atoms with Gasteiger partial charge >= 0.3 is 0 Å². The molecule has 2 aromatic carbocycles. The number of nitrogens with zero attached hydrogens (tertiary/aromatic N) is 1. The summed E-state index contributed by atoms with van der Waals surface area (Å²) in [6, 6.07) is 11.5. The van der Waals surface area contributed by atoms with Gasteiger partial charge in [0.2, 0.25) is 0 Å². The van der Waals surface area contributed by atoms with Gasteiger partial charge in [0.25, 0.3) is 5.91 Å². The SMILES string of the molecule is COc1cc(C(=O)N2CC[C@]3(c4cccc(F)c4)OCO[C@@H]3C2)ccc1OCC1CC(F)C1. The van der Waals surface area contributed by atoms with Crippen LogP contribution < -0.4 is 9.47 Å². The number of hydrogen-bond donors (Lipinski definition) is 0. The maximum atomic E-state index is 13.8. The van der Waals surface area contributed by atoms with E-state index in [1.54, 1.807) is 29.2 Å². The lowest BCUT2D eigenvalue weighted by Gasteiger charge is -2.42. The third-order valence-corrected chi connectivity index (χ3v) is 6.91. The third kappa shape index (κ3) is 4.17. The van der Waals surface area contributed by atoms with E-state index in [4.69, 9.17) is 18.9 Å². The van der Waals surface area contributed by atoms with Gasteiger partial charge in [-0.3, -0.25) is 4.79 Å². The zero-order valence-corrected chi connectivity index (χ0v) is 18.5. The van der Waals surface area contributed by atoms with Crippen LogP contribution in [-0.4, -0.2) is 56.7 Å². The van der Waals surface area contributed by atoms with Crippen molar-refractivity contribution in [1.29, 1.82) is 0 Å². The minimum atomic E-state index is -0.756. The first-order valence-corrected chi connectivity index (χ1v) is 11.2. The predicted molar refractivity (Wildman–Crippen MR) is 116 cm³/mol. The number of hydrogen-bond acceptors (Lipinski definition) is 5. The second kappa shape index (κ2) is 8.91. The number of rotatable bonds is 6. The second-order valence-electron chi connectivity index (χ2n) is 8.93. The van der Waals surface area contributed by atoms with Crippen LogP contribution in [0.25, 0.3) is 0 Å². The molecule has 0 spiro atoms. The number of carbonyl (C=O) groups excluding carboxylic acids is 1. The minimum Gasteiger partial charge on any atom is -0.493 e. The summed E-state index contributed by atoms with van der Waals surface area (Å²) in [5.41, 5.74) is 0.448. The van der Waals surface area contributed by atoms with Crippen LogP contribution in [0.4, 0.5) is 8.78 Å². The maximum Gasteiger partial charge on any atom is 0.254 e. The molecule has 6 nitrogen and oxygen atoms in total. The molecule has 2 aliphatic heterocycles. The number of benzene rings is 2. The van der Waals surface area contributed by atoms with Gasteiger partial charge in [0.1, 0.15) is 30.5 Å². The first-order chi connectivity index (χ1) is 16.0. The molecule has 0 aromatic heterocycles. The predicted octanol–water partition coefficient (Wildman–Crippen LogP) is 4.08. The number of fused-ring (bicyclic) bond motifs is 1. The van der Waals surface area contributed by atoms with E-state index in [2.05, 4.69) is 0 Å². The fraction of sp³-hybridized carbons (Fsp3) is 0.480. The van der Waals surface area contributed by atoms with Gasteiger partial charge in [-0.25, -0.2) is 8.78 Å². The molecule has 2 aromatic rings. The minimum absolute atomic E-state index is 0.104. The van der Waals surface area contributed by atoms with E-state index >= 15 is 0 Å². The van der Waals surface area contributed by atoms with E-state index in [0.29, 0.717) is 56.0 Å². The molecule has 2 heterocycles. The highest BCUT2D eigenvalue weighted by Gasteiger charge is 2.51. The number of alkyl halides is 1. The summed E-state index contributed by atoms with van der Waals surface area (Å²) in [5, 5.41) is 0. The summed E-state index contributed by atoms with van der Waals surface area (Å²) in [5.74, 6) is 0.732. The number of amides is 1. The Kier molecular flexibility index (Phi) is 5.97. The molecule has 3 fully saturated rings. The number of likely N-dealkylation sites (tertiary alicyclic amines) is 1. The van der Waals surface area contributed by atoms with Crippen LogP contribution in [0.2, 0.25) is 0 Å². The molecular formula is C25H27F2NO5. The van der Waals surface area contributed by atoms with Gasteiger partial charge < -0.3 is 23.8 Å². The molecule has 2 atom stereocenters. The molecule has 176 valence electrons. The Labute approximate surface area is 191 Å². The average Bonchev–Trinajstić information content (AvgIpc) is 3.25. The fourth-order valence-electron chi connectivity index (χ4n) is 4.92. The van der Waals surface area contributed by atoms with Gasteiger partial charge in [0, 0.05) is 18.5 Å². The van der Waals surface area contributed by atoms with Crippen molar-refractivity contribution >= 4 is 5.91 Å². The summed E-state index contributed by atoms with van der Waals surface area (Å²) >= 11 is 0.